The predicted octanol–water partition coefficient (Wildman–Crippen LogP) is 2.27. The Bertz CT molecular complexity index is 807. The van der Waals surface area contributed by atoms with Crippen LogP contribution >= 0.6 is 15.9 Å². The van der Waals surface area contributed by atoms with Gasteiger partial charge in [0.1, 0.15) is 11.3 Å². The number of imidazole rings is 1. The minimum absolute atomic E-state index is 0.0138. The Hall–Kier alpha value is -1.89. The molecule has 1 saturated heterocycles. The lowest BCUT2D eigenvalue weighted by atomic mass is 10.2. The van der Waals surface area contributed by atoms with Crippen molar-refractivity contribution in [2.24, 2.45) is 0 Å². The molecule has 2 aromatic rings. The average molecular weight is 393 g/mol. The van der Waals surface area contributed by atoms with Gasteiger partial charge in [-0.2, -0.15) is 0 Å². The van der Waals surface area contributed by atoms with E-state index in [1.165, 1.54) is 0 Å². The first-order chi connectivity index (χ1) is 11.4. The van der Waals surface area contributed by atoms with Gasteiger partial charge in [0.25, 0.3) is 5.91 Å². The van der Waals surface area contributed by atoms with Crippen LogP contribution in [0.25, 0.3) is 5.65 Å². The normalized spacial score (nSPS) is 15.2. The van der Waals surface area contributed by atoms with Crippen LogP contribution in [0.5, 0.6) is 0 Å². The number of aromatic nitrogens is 2. The Labute approximate surface area is 149 Å². The van der Waals surface area contributed by atoms with Crippen LogP contribution in [0.2, 0.25) is 0 Å². The molecule has 0 unspecified atom stereocenters. The number of piperazine rings is 1. The summed E-state index contributed by atoms with van der Waals surface area (Å²) in [5, 5.41) is 0. The van der Waals surface area contributed by atoms with Crippen LogP contribution < -0.4 is 0 Å². The van der Waals surface area contributed by atoms with E-state index in [4.69, 9.17) is 0 Å². The van der Waals surface area contributed by atoms with Gasteiger partial charge in [-0.25, -0.2) is 4.98 Å². The number of hydrogen-bond acceptors (Lipinski definition) is 3. The van der Waals surface area contributed by atoms with E-state index in [0.717, 1.165) is 21.4 Å². The predicted molar refractivity (Wildman–Crippen MR) is 95.2 cm³/mol. The highest BCUT2D eigenvalue weighted by Crippen LogP contribution is 2.22. The van der Waals surface area contributed by atoms with Crippen molar-refractivity contribution in [2.75, 3.05) is 26.2 Å². The van der Waals surface area contributed by atoms with Gasteiger partial charge in [0.15, 0.2) is 0 Å². The molecular weight excluding hydrogens is 372 g/mol. The Morgan fingerprint density at radius 1 is 1.21 bits per heavy atom. The van der Waals surface area contributed by atoms with Gasteiger partial charge in [-0.15, -0.1) is 0 Å². The van der Waals surface area contributed by atoms with Gasteiger partial charge in [0.05, 0.1) is 5.69 Å². The molecule has 1 aliphatic rings. The highest BCUT2D eigenvalue weighted by Gasteiger charge is 2.27. The number of hydrogen-bond donors (Lipinski definition) is 0. The molecule has 0 atom stereocenters. The maximum absolute atomic E-state index is 13.1. The zero-order valence-corrected chi connectivity index (χ0v) is 15.8. The van der Waals surface area contributed by atoms with E-state index in [1.807, 2.05) is 35.4 Å². The van der Waals surface area contributed by atoms with Crippen molar-refractivity contribution in [1.29, 1.82) is 0 Å². The molecule has 0 N–H and O–H groups in total. The highest BCUT2D eigenvalue weighted by atomic mass is 79.9. The Morgan fingerprint density at radius 2 is 1.83 bits per heavy atom. The van der Waals surface area contributed by atoms with Crippen LogP contribution in [0.3, 0.4) is 0 Å². The van der Waals surface area contributed by atoms with Gasteiger partial charge in [-0.3, -0.25) is 14.0 Å². The minimum Gasteiger partial charge on any atom is -0.339 e. The lowest BCUT2D eigenvalue weighted by Gasteiger charge is -2.34. The monoisotopic (exact) mass is 392 g/mol. The summed E-state index contributed by atoms with van der Waals surface area (Å²) in [6, 6.07) is 2.00. The molecule has 0 saturated carbocycles. The van der Waals surface area contributed by atoms with Crippen molar-refractivity contribution >= 4 is 33.4 Å². The number of amides is 2. The van der Waals surface area contributed by atoms with Crippen LogP contribution in [-0.4, -0.2) is 57.2 Å². The molecule has 24 heavy (non-hydrogen) atoms. The lowest BCUT2D eigenvalue weighted by molar-refractivity contribution is -0.130. The third-order valence-electron chi connectivity index (χ3n) is 4.49. The van der Waals surface area contributed by atoms with E-state index in [9.17, 15) is 9.59 Å². The molecule has 1 aliphatic heterocycles. The number of aryl methyl sites for hydroxylation is 2. The second kappa shape index (κ2) is 6.55. The summed E-state index contributed by atoms with van der Waals surface area (Å²) in [6.45, 7) is 7.86. The molecule has 1 fully saturated rings. The molecule has 6 nitrogen and oxygen atoms in total. The second-order valence-corrected chi connectivity index (χ2v) is 7.01. The van der Waals surface area contributed by atoms with Gasteiger partial charge in [0, 0.05) is 43.8 Å². The quantitative estimate of drug-likeness (QED) is 0.787. The van der Waals surface area contributed by atoms with Gasteiger partial charge in [0.2, 0.25) is 5.91 Å². The van der Waals surface area contributed by atoms with Crippen LogP contribution in [0.15, 0.2) is 16.7 Å². The van der Waals surface area contributed by atoms with Gasteiger partial charge < -0.3 is 9.80 Å². The summed E-state index contributed by atoms with van der Waals surface area (Å²) in [5.74, 6) is 0.0470. The Morgan fingerprint density at radius 3 is 2.42 bits per heavy atom. The van der Waals surface area contributed by atoms with E-state index in [2.05, 4.69) is 20.9 Å². The fourth-order valence-corrected chi connectivity index (χ4v) is 3.71. The van der Waals surface area contributed by atoms with Gasteiger partial charge >= 0.3 is 0 Å². The standard InChI is InChI=1S/C17H21BrN4O2/c1-4-14-15(22-10-13(18)9-11(2)16(22)19-14)17(24)21-7-5-20(6-8-21)12(3)23/h9-10H,4-8H2,1-3H3. The molecule has 0 radical (unpaired) electrons. The number of carbonyl (C=O) groups is 2. The smallest absolute Gasteiger partial charge is 0.272 e. The van der Waals surface area contributed by atoms with Gasteiger partial charge in [-0.1, -0.05) is 6.92 Å². The van der Waals surface area contributed by atoms with Crippen LogP contribution in [0.4, 0.5) is 0 Å². The van der Waals surface area contributed by atoms with Crippen molar-refractivity contribution in [1.82, 2.24) is 19.2 Å². The number of carbonyl (C=O) groups excluding carboxylic acids is 2. The first kappa shape index (κ1) is 17.0. The number of fused-ring (bicyclic) bond motifs is 1. The summed E-state index contributed by atoms with van der Waals surface area (Å²) in [7, 11) is 0. The molecule has 0 bridgehead atoms. The third kappa shape index (κ3) is 2.92. The summed E-state index contributed by atoms with van der Waals surface area (Å²) in [6.07, 6.45) is 2.60. The maximum atomic E-state index is 13.1. The van der Waals surface area contributed by atoms with Crippen molar-refractivity contribution in [3.63, 3.8) is 0 Å². The number of nitrogens with zero attached hydrogens (tertiary/aromatic N) is 4. The number of halogens is 1. The van der Waals surface area contributed by atoms with Crippen molar-refractivity contribution in [3.05, 3.63) is 33.7 Å². The zero-order chi connectivity index (χ0) is 17.4. The van der Waals surface area contributed by atoms with E-state index < -0.39 is 0 Å². The molecule has 128 valence electrons. The average Bonchev–Trinajstić information content (AvgIpc) is 2.93. The SMILES string of the molecule is CCc1nc2c(C)cc(Br)cn2c1C(=O)N1CCN(C(C)=O)CC1. The summed E-state index contributed by atoms with van der Waals surface area (Å²) in [4.78, 5) is 32.8. The van der Waals surface area contributed by atoms with E-state index >= 15 is 0 Å². The minimum atomic E-state index is -0.0138. The fraction of sp³-hybridized carbons (Fsp3) is 0.471. The summed E-state index contributed by atoms with van der Waals surface area (Å²) >= 11 is 3.50. The van der Waals surface area contributed by atoms with Gasteiger partial charge in [-0.05, 0) is 40.9 Å². The summed E-state index contributed by atoms with van der Waals surface area (Å²) in [5.41, 5.74) is 3.30. The highest BCUT2D eigenvalue weighted by molar-refractivity contribution is 9.10. The largest absolute Gasteiger partial charge is 0.339 e. The number of pyridine rings is 1. The maximum Gasteiger partial charge on any atom is 0.272 e. The Balaban J connectivity index is 1.97. The van der Waals surface area contributed by atoms with Crippen LogP contribution in [0, 0.1) is 6.92 Å². The third-order valence-corrected chi connectivity index (χ3v) is 4.93. The van der Waals surface area contributed by atoms with Crippen molar-refractivity contribution in [3.8, 4) is 0 Å². The molecule has 3 heterocycles. The van der Waals surface area contributed by atoms with Crippen LogP contribution in [-0.2, 0) is 11.2 Å². The van der Waals surface area contributed by atoms with Crippen molar-refractivity contribution < 1.29 is 9.59 Å². The van der Waals surface area contributed by atoms with E-state index in [-0.39, 0.29) is 11.8 Å². The molecule has 0 spiro atoms. The molecule has 7 heteroatoms. The lowest BCUT2D eigenvalue weighted by Crippen LogP contribution is -2.50. The molecule has 0 aromatic carbocycles. The van der Waals surface area contributed by atoms with E-state index in [1.54, 1.807) is 11.8 Å². The molecule has 2 aromatic heterocycles. The van der Waals surface area contributed by atoms with Crippen LogP contribution in [0.1, 0.15) is 35.6 Å². The summed E-state index contributed by atoms with van der Waals surface area (Å²) < 4.78 is 2.81. The Kier molecular flexibility index (Phi) is 4.62. The van der Waals surface area contributed by atoms with E-state index in [0.29, 0.717) is 38.3 Å². The number of rotatable bonds is 2. The first-order valence-corrected chi connectivity index (χ1v) is 8.93. The molecule has 0 aliphatic carbocycles. The first-order valence-electron chi connectivity index (χ1n) is 8.14. The second-order valence-electron chi connectivity index (χ2n) is 6.09. The molecule has 2 amide bonds. The fourth-order valence-electron chi connectivity index (χ4n) is 3.16. The van der Waals surface area contributed by atoms with Crippen molar-refractivity contribution in [2.45, 2.75) is 27.2 Å². The molecular formula is C17H21BrN4O2. The topological polar surface area (TPSA) is 57.9 Å². The zero-order valence-electron chi connectivity index (χ0n) is 14.2. The molecule has 3 rings (SSSR count).